The van der Waals surface area contributed by atoms with Crippen molar-refractivity contribution in [2.45, 2.75) is 19.9 Å². The summed E-state index contributed by atoms with van der Waals surface area (Å²) in [4.78, 5) is 4.15. The summed E-state index contributed by atoms with van der Waals surface area (Å²) in [5.74, 6) is 1.07. The molecular formula is C9H12N4O2. The summed E-state index contributed by atoms with van der Waals surface area (Å²) in [7, 11) is 0. The van der Waals surface area contributed by atoms with Gasteiger partial charge in [-0.2, -0.15) is 4.98 Å². The Morgan fingerprint density at radius 3 is 2.73 bits per heavy atom. The van der Waals surface area contributed by atoms with E-state index in [1.165, 1.54) is 6.26 Å². The summed E-state index contributed by atoms with van der Waals surface area (Å²) in [5, 5.41) is 7.49. The van der Waals surface area contributed by atoms with Gasteiger partial charge in [-0.1, -0.05) is 24.2 Å². The Morgan fingerprint density at radius 1 is 1.33 bits per heavy atom. The number of rotatable bonds is 3. The first-order valence-electron chi connectivity index (χ1n) is 4.68. The molecular weight excluding hydrogens is 196 g/mol. The topological polar surface area (TPSA) is 91.0 Å². The Kier molecular flexibility index (Phi) is 2.51. The second-order valence-corrected chi connectivity index (χ2v) is 3.61. The van der Waals surface area contributed by atoms with Crippen LogP contribution in [0.4, 0.5) is 0 Å². The van der Waals surface area contributed by atoms with Crippen molar-refractivity contribution in [1.29, 1.82) is 0 Å². The van der Waals surface area contributed by atoms with Gasteiger partial charge in [-0.05, 0) is 5.92 Å². The Labute approximate surface area is 86.4 Å². The number of hydrogen-bond acceptors (Lipinski definition) is 6. The molecule has 0 saturated heterocycles. The molecule has 2 rings (SSSR count). The number of aromatic nitrogens is 3. The van der Waals surface area contributed by atoms with E-state index < -0.39 is 0 Å². The third-order valence-corrected chi connectivity index (χ3v) is 2.12. The lowest BCUT2D eigenvalue weighted by Crippen LogP contribution is -2.18. The first kappa shape index (κ1) is 9.85. The number of hydrogen-bond donors (Lipinski definition) is 1. The van der Waals surface area contributed by atoms with Gasteiger partial charge in [-0.25, -0.2) is 0 Å². The summed E-state index contributed by atoms with van der Waals surface area (Å²) in [6.45, 7) is 3.99. The molecule has 0 amide bonds. The standard InChI is InChI=1S/C9H12N4O2/c1-5(2)7(10)8-11-9(15-13-8)6-3-4-14-12-6/h3-5,7H,10H2,1-2H3. The van der Waals surface area contributed by atoms with Crippen molar-refractivity contribution >= 4 is 0 Å². The monoisotopic (exact) mass is 208 g/mol. The highest BCUT2D eigenvalue weighted by Gasteiger charge is 2.18. The molecule has 6 heteroatoms. The summed E-state index contributed by atoms with van der Waals surface area (Å²) >= 11 is 0. The Bertz CT molecular complexity index is 421. The van der Waals surface area contributed by atoms with E-state index in [0.29, 0.717) is 17.4 Å². The van der Waals surface area contributed by atoms with Crippen LogP contribution in [-0.2, 0) is 0 Å². The minimum absolute atomic E-state index is 0.227. The SMILES string of the molecule is CC(C)C(N)c1noc(-c2ccon2)n1. The second-order valence-electron chi connectivity index (χ2n) is 3.61. The molecule has 80 valence electrons. The van der Waals surface area contributed by atoms with E-state index in [9.17, 15) is 0 Å². The summed E-state index contributed by atoms with van der Waals surface area (Å²) in [5.41, 5.74) is 6.39. The summed E-state index contributed by atoms with van der Waals surface area (Å²) < 4.78 is 9.69. The van der Waals surface area contributed by atoms with Gasteiger partial charge in [0.1, 0.15) is 6.26 Å². The molecule has 1 unspecified atom stereocenters. The fourth-order valence-electron chi connectivity index (χ4n) is 1.10. The Morgan fingerprint density at radius 2 is 2.13 bits per heavy atom. The number of nitrogens with two attached hydrogens (primary N) is 1. The smallest absolute Gasteiger partial charge is 0.280 e. The van der Waals surface area contributed by atoms with E-state index in [2.05, 4.69) is 19.8 Å². The van der Waals surface area contributed by atoms with Crippen molar-refractivity contribution in [3.05, 3.63) is 18.2 Å². The van der Waals surface area contributed by atoms with Crippen molar-refractivity contribution < 1.29 is 9.05 Å². The molecule has 2 heterocycles. The van der Waals surface area contributed by atoms with Crippen molar-refractivity contribution in [1.82, 2.24) is 15.3 Å². The molecule has 0 spiro atoms. The molecule has 2 aromatic rings. The maximum atomic E-state index is 5.88. The van der Waals surface area contributed by atoms with Gasteiger partial charge in [-0.15, -0.1) is 0 Å². The van der Waals surface area contributed by atoms with Gasteiger partial charge in [0.05, 0.1) is 6.04 Å². The minimum Gasteiger partial charge on any atom is -0.364 e. The largest absolute Gasteiger partial charge is 0.364 e. The molecule has 0 aromatic carbocycles. The van der Waals surface area contributed by atoms with Crippen molar-refractivity contribution in [3.8, 4) is 11.6 Å². The minimum atomic E-state index is -0.227. The zero-order chi connectivity index (χ0) is 10.8. The lowest BCUT2D eigenvalue weighted by atomic mass is 10.1. The molecule has 2 aromatic heterocycles. The van der Waals surface area contributed by atoms with Crippen LogP contribution in [0.5, 0.6) is 0 Å². The lowest BCUT2D eigenvalue weighted by molar-refractivity contribution is 0.390. The van der Waals surface area contributed by atoms with Crippen LogP contribution >= 0.6 is 0 Å². The fraction of sp³-hybridized carbons (Fsp3) is 0.444. The van der Waals surface area contributed by atoms with Gasteiger partial charge >= 0.3 is 0 Å². The van der Waals surface area contributed by atoms with Gasteiger partial charge in [0.2, 0.25) is 0 Å². The average molecular weight is 208 g/mol. The van der Waals surface area contributed by atoms with Gasteiger partial charge in [-0.3, -0.25) is 0 Å². The predicted molar refractivity (Wildman–Crippen MR) is 51.6 cm³/mol. The predicted octanol–water partition coefficient (Wildman–Crippen LogP) is 1.38. The quantitative estimate of drug-likeness (QED) is 0.819. The zero-order valence-corrected chi connectivity index (χ0v) is 8.54. The summed E-state index contributed by atoms with van der Waals surface area (Å²) in [6, 6.07) is 1.42. The highest BCUT2D eigenvalue weighted by Crippen LogP contribution is 2.19. The first-order valence-corrected chi connectivity index (χ1v) is 4.68. The van der Waals surface area contributed by atoms with E-state index in [4.69, 9.17) is 10.3 Å². The van der Waals surface area contributed by atoms with Gasteiger partial charge in [0, 0.05) is 6.07 Å². The van der Waals surface area contributed by atoms with Crippen LogP contribution < -0.4 is 5.73 Å². The third kappa shape index (κ3) is 1.89. The molecule has 6 nitrogen and oxygen atoms in total. The van der Waals surface area contributed by atoms with E-state index >= 15 is 0 Å². The van der Waals surface area contributed by atoms with Gasteiger partial charge < -0.3 is 14.8 Å². The average Bonchev–Trinajstić information content (AvgIpc) is 2.86. The van der Waals surface area contributed by atoms with Crippen LogP contribution in [0.3, 0.4) is 0 Å². The summed E-state index contributed by atoms with van der Waals surface area (Å²) in [6.07, 6.45) is 1.45. The van der Waals surface area contributed by atoms with E-state index in [-0.39, 0.29) is 12.0 Å². The highest BCUT2D eigenvalue weighted by atomic mass is 16.5. The van der Waals surface area contributed by atoms with Crippen molar-refractivity contribution in [2.75, 3.05) is 0 Å². The van der Waals surface area contributed by atoms with Crippen LogP contribution in [0, 0.1) is 5.92 Å². The highest BCUT2D eigenvalue weighted by molar-refractivity contribution is 5.44. The Hall–Kier alpha value is -1.69. The molecule has 0 radical (unpaired) electrons. The molecule has 0 saturated carbocycles. The normalized spacial score (nSPS) is 13.3. The first-order chi connectivity index (χ1) is 7.18. The van der Waals surface area contributed by atoms with Crippen LogP contribution in [0.1, 0.15) is 25.7 Å². The maximum absolute atomic E-state index is 5.88. The molecule has 0 aliphatic heterocycles. The van der Waals surface area contributed by atoms with Crippen LogP contribution in [0.15, 0.2) is 21.4 Å². The van der Waals surface area contributed by atoms with Crippen LogP contribution in [0.2, 0.25) is 0 Å². The van der Waals surface area contributed by atoms with Crippen LogP contribution in [0.25, 0.3) is 11.6 Å². The van der Waals surface area contributed by atoms with Gasteiger partial charge in [0.15, 0.2) is 11.5 Å². The molecule has 15 heavy (non-hydrogen) atoms. The van der Waals surface area contributed by atoms with Gasteiger partial charge in [0.25, 0.3) is 5.89 Å². The molecule has 0 aliphatic carbocycles. The Balaban J connectivity index is 2.25. The fourth-order valence-corrected chi connectivity index (χ4v) is 1.10. The molecule has 0 bridgehead atoms. The molecule has 0 fully saturated rings. The van der Waals surface area contributed by atoms with E-state index in [1.54, 1.807) is 6.07 Å². The molecule has 0 aliphatic rings. The van der Waals surface area contributed by atoms with E-state index in [1.807, 2.05) is 13.8 Å². The molecule has 1 atom stereocenters. The van der Waals surface area contributed by atoms with Crippen molar-refractivity contribution in [2.24, 2.45) is 11.7 Å². The van der Waals surface area contributed by atoms with E-state index in [0.717, 1.165) is 0 Å². The lowest BCUT2D eigenvalue weighted by Gasteiger charge is -2.09. The zero-order valence-electron chi connectivity index (χ0n) is 8.54. The van der Waals surface area contributed by atoms with Crippen molar-refractivity contribution in [3.63, 3.8) is 0 Å². The van der Waals surface area contributed by atoms with Crippen LogP contribution in [-0.4, -0.2) is 15.3 Å². The third-order valence-electron chi connectivity index (χ3n) is 2.12. The maximum Gasteiger partial charge on any atom is 0.280 e. The molecule has 2 N–H and O–H groups in total. The number of nitrogens with zero attached hydrogens (tertiary/aromatic N) is 3. The second kappa shape index (κ2) is 3.82.